The second kappa shape index (κ2) is 7.26. The van der Waals surface area contributed by atoms with E-state index in [9.17, 15) is 4.79 Å². The third-order valence-corrected chi connectivity index (χ3v) is 5.79. The number of rotatable bonds is 5. The third-order valence-electron chi connectivity index (χ3n) is 5.58. The van der Waals surface area contributed by atoms with Gasteiger partial charge in [-0.2, -0.15) is 0 Å². The number of carbonyl (C=O) groups is 1. The van der Waals surface area contributed by atoms with Gasteiger partial charge in [-0.15, -0.1) is 0 Å². The number of amides is 1. The number of nitrogens with one attached hydrogen (secondary N) is 1. The van der Waals surface area contributed by atoms with Crippen LogP contribution in [0, 0.1) is 5.92 Å². The van der Waals surface area contributed by atoms with Crippen LogP contribution >= 0.6 is 11.6 Å². The van der Waals surface area contributed by atoms with Gasteiger partial charge >= 0.3 is 0 Å². The van der Waals surface area contributed by atoms with Gasteiger partial charge in [-0.05, 0) is 32.3 Å². The van der Waals surface area contributed by atoms with Crippen LogP contribution in [0.5, 0.6) is 0 Å². The van der Waals surface area contributed by atoms with Gasteiger partial charge in [-0.3, -0.25) is 9.78 Å². The molecule has 29 heavy (non-hydrogen) atoms. The molecule has 1 saturated heterocycles. The average Bonchev–Trinajstić information content (AvgIpc) is 3.35. The van der Waals surface area contributed by atoms with Crippen molar-refractivity contribution in [2.45, 2.75) is 38.8 Å². The summed E-state index contributed by atoms with van der Waals surface area (Å²) in [5, 5.41) is 4.06. The fourth-order valence-electron chi connectivity index (χ4n) is 3.96. The zero-order valence-corrected chi connectivity index (χ0v) is 16.9. The highest BCUT2D eigenvalue weighted by Crippen LogP contribution is 2.33. The molecule has 8 nitrogen and oxygen atoms in total. The maximum atomic E-state index is 12.3. The molecule has 1 saturated carbocycles. The van der Waals surface area contributed by atoms with E-state index in [4.69, 9.17) is 16.6 Å². The topological polar surface area (TPSA) is 88.8 Å². The van der Waals surface area contributed by atoms with Crippen LogP contribution in [0.2, 0.25) is 5.02 Å². The predicted octanol–water partition coefficient (Wildman–Crippen LogP) is 2.98. The van der Waals surface area contributed by atoms with Gasteiger partial charge < -0.3 is 14.8 Å². The summed E-state index contributed by atoms with van der Waals surface area (Å²) < 4.78 is 2.03. The van der Waals surface area contributed by atoms with Crippen LogP contribution < -0.4 is 5.32 Å². The quantitative estimate of drug-likeness (QED) is 0.694. The minimum Gasteiger partial charge on any atom is -0.364 e. The number of likely N-dealkylation sites (tertiary alicyclic amines) is 1. The Labute approximate surface area is 173 Å². The Hall–Kier alpha value is -2.74. The normalized spacial score (nSPS) is 19.1. The lowest BCUT2D eigenvalue weighted by Crippen LogP contribution is -2.32. The highest BCUT2D eigenvalue weighted by Gasteiger charge is 2.36. The average molecular weight is 412 g/mol. The zero-order chi connectivity index (χ0) is 20.0. The lowest BCUT2D eigenvalue weighted by molar-refractivity contribution is -0.131. The molecule has 1 amide bonds. The van der Waals surface area contributed by atoms with Gasteiger partial charge in [0.2, 0.25) is 5.91 Å². The van der Waals surface area contributed by atoms with Crippen LogP contribution in [-0.4, -0.2) is 54.4 Å². The van der Waals surface area contributed by atoms with E-state index in [1.165, 1.54) is 0 Å². The molecule has 9 heteroatoms. The highest BCUT2D eigenvalue weighted by atomic mass is 35.5. The number of anilines is 1. The molecule has 4 heterocycles. The summed E-state index contributed by atoms with van der Waals surface area (Å²) in [6.45, 7) is 4.27. The Kier molecular flexibility index (Phi) is 4.58. The van der Waals surface area contributed by atoms with Crippen molar-refractivity contribution in [2.24, 2.45) is 5.92 Å². The molecule has 3 aromatic heterocycles. The molecule has 0 bridgehead atoms. The van der Waals surface area contributed by atoms with E-state index in [0.29, 0.717) is 29.8 Å². The number of imidazole rings is 1. The first-order chi connectivity index (χ1) is 14.1. The lowest BCUT2D eigenvalue weighted by atomic mass is 10.2. The first kappa shape index (κ1) is 18.3. The van der Waals surface area contributed by atoms with Gasteiger partial charge in [0, 0.05) is 49.6 Å². The minimum atomic E-state index is 0.166. The second-order valence-corrected chi connectivity index (χ2v) is 8.09. The van der Waals surface area contributed by atoms with Gasteiger partial charge in [0.25, 0.3) is 0 Å². The molecule has 0 radical (unpaired) electrons. The first-order valence-electron chi connectivity index (χ1n) is 10.0. The molecule has 150 valence electrons. The number of aryl methyl sites for hydroxylation is 1. The number of aromatic nitrogens is 5. The number of nitrogens with zero attached hydrogens (tertiary/aromatic N) is 6. The van der Waals surface area contributed by atoms with Gasteiger partial charge in [0.05, 0.1) is 5.02 Å². The first-order valence-corrected chi connectivity index (χ1v) is 10.4. The molecule has 1 aliphatic carbocycles. The van der Waals surface area contributed by atoms with Gasteiger partial charge in [0.1, 0.15) is 12.2 Å². The van der Waals surface area contributed by atoms with Crippen LogP contribution in [0.3, 0.4) is 0 Å². The van der Waals surface area contributed by atoms with Crippen molar-refractivity contribution >= 4 is 34.5 Å². The van der Waals surface area contributed by atoms with Crippen molar-refractivity contribution in [1.82, 2.24) is 29.4 Å². The molecule has 5 rings (SSSR count). The Morgan fingerprint density at radius 2 is 2.14 bits per heavy atom. The van der Waals surface area contributed by atoms with E-state index in [0.717, 1.165) is 48.4 Å². The van der Waals surface area contributed by atoms with Crippen LogP contribution in [0.15, 0.2) is 24.8 Å². The Morgan fingerprint density at radius 3 is 2.90 bits per heavy atom. The summed E-state index contributed by atoms with van der Waals surface area (Å²) in [6, 6.07) is 2.01. The van der Waals surface area contributed by atoms with Crippen LogP contribution in [-0.2, 0) is 11.3 Å². The zero-order valence-electron chi connectivity index (χ0n) is 16.2. The van der Waals surface area contributed by atoms with E-state index in [-0.39, 0.29) is 12.0 Å². The summed E-state index contributed by atoms with van der Waals surface area (Å²) in [5.41, 5.74) is 2.32. The molecule has 1 aliphatic heterocycles. The van der Waals surface area contributed by atoms with Crippen molar-refractivity contribution < 1.29 is 4.79 Å². The molecule has 3 aromatic rings. The van der Waals surface area contributed by atoms with E-state index in [2.05, 4.69) is 27.2 Å². The molecule has 1 atom stereocenters. The van der Waals surface area contributed by atoms with Crippen LogP contribution in [0.1, 0.15) is 26.2 Å². The minimum absolute atomic E-state index is 0.166. The SMILES string of the molecule is CCn1c(-c2cncc(Cl)c2)nc2c(NC3CCN(C(=O)C4CC4)C3)ncnc21. The van der Waals surface area contributed by atoms with Crippen molar-refractivity contribution in [3.05, 3.63) is 29.8 Å². The Morgan fingerprint density at radius 1 is 1.28 bits per heavy atom. The fourth-order valence-corrected chi connectivity index (χ4v) is 4.13. The van der Waals surface area contributed by atoms with Crippen molar-refractivity contribution in [1.29, 1.82) is 0 Å². The number of hydrogen-bond acceptors (Lipinski definition) is 6. The number of hydrogen-bond donors (Lipinski definition) is 1. The third kappa shape index (κ3) is 3.42. The molecule has 2 aliphatic rings. The van der Waals surface area contributed by atoms with Gasteiger partial charge in [-0.25, -0.2) is 15.0 Å². The molecule has 0 spiro atoms. The maximum Gasteiger partial charge on any atom is 0.225 e. The number of pyridine rings is 1. The van der Waals surface area contributed by atoms with Crippen LogP contribution in [0.4, 0.5) is 5.82 Å². The van der Waals surface area contributed by atoms with E-state index < -0.39 is 0 Å². The second-order valence-electron chi connectivity index (χ2n) is 7.65. The van der Waals surface area contributed by atoms with Crippen LogP contribution in [0.25, 0.3) is 22.6 Å². The summed E-state index contributed by atoms with van der Waals surface area (Å²) in [4.78, 5) is 32.2. The predicted molar refractivity (Wildman–Crippen MR) is 111 cm³/mol. The standard InChI is InChI=1S/C20H22ClN7O/c1-2-28-18(13-7-14(21)9-22-8-13)26-16-17(23-11-24-19(16)28)25-15-5-6-27(10-15)20(29)12-3-4-12/h7-9,11-12,15H,2-6,10H2,1H3,(H,23,24,25). The summed E-state index contributed by atoms with van der Waals surface area (Å²) in [6.07, 6.45) is 7.89. The molecule has 1 unspecified atom stereocenters. The molecule has 2 fully saturated rings. The van der Waals surface area contributed by atoms with E-state index in [1.54, 1.807) is 18.7 Å². The molecule has 1 N–H and O–H groups in total. The van der Waals surface area contributed by atoms with Crippen molar-refractivity contribution in [2.75, 3.05) is 18.4 Å². The number of fused-ring (bicyclic) bond motifs is 1. The maximum absolute atomic E-state index is 12.3. The fraction of sp³-hybridized carbons (Fsp3) is 0.450. The molecule has 0 aromatic carbocycles. The van der Waals surface area contributed by atoms with E-state index >= 15 is 0 Å². The monoisotopic (exact) mass is 411 g/mol. The summed E-state index contributed by atoms with van der Waals surface area (Å²) in [7, 11) is 0. The Balaban J connectivity index is 1.45. The highest BCUT2D eigenvalue weighted by molar-refractivity contribution is 6.30. The van der Waals surface area contributed by atoms with Gasteiger partial charge in [-0.1, -0.05) is 11.6 Å². The summed E-state index contributed by atoms with van der Waals surface area (Å²) in [5.74, 6) is 2.02. The van der Waals surface area contributed by atoms with Gasteiger partial charge in [0.15, 0.2) is 17.0 Å². The smallest absolute Gasteiger partial charge is 0.225 e. The molecular formula is C20H22ClN7O. The van der Waals surface area contributed by atoms with Crippen molar-refractivity contribution in [3.63, 3.8) is 0 Å². The summed E-state index contributed by atoms with van der Waals surface area (Å²) >= 11 is 6.13. The largest absolute Gasteiger partial charge is 0.364 e. The molecular weight excluding hydrogens is 390 g/mol. The van der Waals surface area contributed by atoms with Crippen molar-refractivity contribution in [3.8, 4) is 11.4 Å². The van der Waals surface area contributed by atoms with E-state index in [1.807, 2.05) is 15.5 Å². The number of halogens is 1. The lowest BCUT2D eigenvalue weighted by Gasteiger charge is -2.17. The Bertz CT molecular complexity index is 1080. The number of carbonyl (C=O) groups excluding carboxylic acids is 1.